The van der Waals surface area contributed by atoms with E-state index in [1.165, 1.54) is 0 Å². The van der Waals surface area contributed by atoms with Crippen LogP contribution in [0.1, 0.15) is 26.7 Å². The first-order valence-corrected chi connectivity index (χ1v) is 6.48. The van der Waals surface area contributed by atoms with Crippen LogP contribution in [0.5, 0.6) is 0 Å². The summed E-state index contributed by atoms with van der Waals surface area (Å²) in [5.41, 5.74) is 0. The number of hydrogen-bond acceptors (Lipinski definition) is 5. The lowest BCUT2D eigenvalue weighted by Crippen LogP contribution is -2.48. The van der Waals surface area contributed by atoms with Gasteiger partial charge in [-0.3, -0.25) is 4.79 Å². The maximum atomic E-state index is 11.3. The predicted octanol–water partition coefficient (Wildman–Crippen LogP) is 0.210. The molecule has 0 aromatic rings. The van der Waals surface area contributed by atoms with Crippen LogP contribution in [0.2, 0.25) is 0 Å². The van der Waals surface area contributed by atoms with E-state index in [1.807, 2.05) is 13.8 Å². The summed E-state index contributed by atoms with van der Waals surface area (Å²) >= 11 is 0. The molecule has 1 amide bonds. The summed E-state index contributed by atoms with van der Waals surface area (Å²) in [5.74, 6) is -0.385. The minimum atomic E-state index is -0.560. The fourth-order valence-electron chi connectivity index (χ4n) is 3.18. The molecule has 0 radical (unpaired) electrons. The van der Waals surface area contributed by atoms with Crippen LogP contribution in [0.25, 0.3) is 0 Å². The van der Waals surface area contributed by atoms with Crippen LogP contribution in [0.3, 0.4) is 0 Å². The fourth-order valence-corrected chi connectivity index (χ4v) is 3.18. The molecule has 0 unspecified atom stereocenters. The van der Waals surface area contributed by atoms with E-state index in [2.05, 4.69) is 0 Å². The van der Waals surface area contributed by atoms with E-state index in [9.17, 15) is 4.79 Å². The molecule has 100 valence electrons. The van der Waals surface area contributed by atoms with Gasteiger partial charge in [0.05, 0.1) is 19.1 Å². The molecule has 6 heteroatoms. The van der Waals surface area contributed by atoms with Crippen LogP contribution >= 0.6 is 0 Å². The molecular formula is C12H17NO5. The van der Waals surface area contributed by atoms with E-state index in [1.54, 1.807) is 4.90 Å². The van der Waals surface area contributed by atoms with E-state index in [0.29, 0.717) is 13.0 Å². The number of carbonyl (C=O) groups is 1. The van der Waals surface area contributed by atoms with Gasteiger partial charge < -0.3 is 23.8 Å². The second-order valence-corrected chi connectivity index (χ2v) is 5.83. The minimum absolute atomic E-state index is 0.0162. The summed E-state index contributed by atoms with van der Waals surface area (Å²) in [6, 6.07) is 0. The monoisotopic (exact) mass is 255 g/mol. The quantitative estimate of drug-likeness (QED) is 0.627. The van der Waals surface area contributed by atoms with Gasteiger partial charge in [0.15, 0.2) is 12.1 Å². The molecule has 4 heterocycles. The second kappa shape index (κ2) is 3.45. The Hall–Kier alpha value is -0.690. The normalized spacial score (nSPS) is 49.1. The zero-order valence-corrected chi connectivity index (χ0v) is 10.5. The lowest BCUT2D eigenvalue weighted by molar-refractivity contribution is -0.216. The molecule has 0 aromatic carbocycles. The average Bonchev–Trinajstić information content (AvgIpc) is 2.85. The molecule has 0 aliphatic carbocycles. The van der Waals surface area contributed by atoms with Crippen LogP contribution in [0, 0.1) is 0 Å². The van der Waals surface area contributed by atoms with Crippen LogP contribution < -0.4 is 0 Å². The van der Waals surface area contributed by atoms with Crippen molar-refractivity contribution in [1.29, 1.82) is 0 Å². The second-order valence-electron chi connectivity index (χ2n) is 5.83. The molecule has 4 fully saturated rings. The molecular weight excluding hydrogens is 238 g/mol. The van der Waals surface area contributed by atoms with Gasteiger partial charge in [0.1, 0.15) is 18.4 Å². The first kappa shape index (κ1) is 11.2. The molecule has 5 atom stereocenters. The molecule has 18 heavy (non-hydrogen) atoms. The Balaban J connectivity index is 1.40. The molecule has 4 aliphatic heterocycles. The van der Waals surface area contributed by atoms with E-state index in [-0.39, 0.29) is 36.7 Å². The summed E-state index contributed by atoms with van der Waals surface area (Å²) < 4.78 is 23.1. The van der Waals surface area contributed by atoms with Gasteiger partial charge in [0.25, 0.3) is 0 Å². The number of fused-ring (bicyclic) bond motifs is 2. The summed E-state index contributed by atoms with van der Waals surface area (Å²) in [7, 11) is 0. The van der Waals surface area contributed by atoms with Gasteiger partial charge >= 0.3 is 0 Å². The Labute approximate surface area is 105 Å². The highest BCUT2D eigenvalue weighted by molar-refractivity contribution is 5.83. The maximum Gasteiger partial charge on any atom is 0.229 e. The van der Waals surface area contributed by atoms with Crippen molar-refractivity contribution in [3.05, 3.63) is 0 Å². The summed E-state index contributed by atoms with van der Waals surface area (Å²) in [6.45, 7) is 4.41. The van der Waals surface area contributed by atoms with Crippen molar-refractivity contribution in [1.82, 2.24) is 4.90 Å². The molecule has 0 aromatic heterocycles. The Kier molecular flexibility index (Phi) is 2.14. The molecule has 4 rings (SSSR count). The molecule has 0 spiro atoms. The van der Waals surface area contributed by atoms with Gasteiger partial charge in [-0.2, -0.15) is 0 Å². The third-order valence-corrected chi connectivity index (χ3v) is 4.05. The highest BCUT2D eigenvalue weighted by Crippen LogP contribution is 2.40. The number of β-lactam (4-membered cyclic amide) rings is 1. The van der Waals surface area contributed by atoms with Crippen molar-refractivity contribution in [3.63, 3.8) is 0 Å². The summed E-state index contributed by atoms with van der Waals surface area (Å²) in [5, 5.41) is 0. The third kappa shape index (κ3) is 1.53. The average molecular weight is 255 g/mol. The van der Waals surface area contributed by atoms with Crippen molar-refractivity contribution >= 4 is 5.91 Å². The molecule has 0 saturated carbocycles. The Morgan fingerprint density at radius 2 is 2.00 bits per heavy atom. The molecule has 4 aliphatic rings. The van der Waals surface area contributed by atoms with Gasteiger partial charge in [0.2, 0.25) is 5.91 Å². The van der Waals surface area contributed by atoms with Crippen molar-refractivity contribution in [2.24, 2.45) is 0 Å². The van der Waals surface area contributed by atoms with Crippen LogP contribution in [-0.2, 0) is 23.7 Å². The highest BCUT2D eigenvalue weighted by atomic mass is 16.8. The number of carbonyl (C=O) groups excluding carboxylic acids is 1. The SMILES string of the molecule is CC1(C)O[C@H]2O[C@H]([C@H]3CN4C(=O)C[C@@H]4O3)C[C@H]2O1. The van der Waals surface area contributed by atoms with Crippen molar-refractivity contribution in [2.75, 3.05) is 6.54 Å². The Bertz CT molecular complexity index is 382. The van der Waals surface area contributed by atoms with E-state index in [0.717, 1.165) is 6.42 Å². The molecule has 4 saturated heterocycles. The van der Waals surface area contributed by atoms with Gasteiger partial charge in [0, 0.05) is 6.42 Å². The minimum Gasteiger partial charge on any atom is -0.350 e. The number of amides is 1. The molecule has 0 N–H and O–H groups in total. The van der Waals surface area contributed by atoms with Crippen molar-refractivity contribution in [2.45, 2.75) is 63.3 Å². The first-order valence-electron chi connectivity index (χ1n) is 6.48. The topological polar surface area (TPSA) is 57.2 Å². The highest BCUT2D eigenvalue weighted by Gasteiger charge is 2.54. The smallest absolute Gasteiger partial charge is 0.229 e. The van der Waals surface area contributed by atoms with Gasteiger partial charge in [-0.15, -0.1) is 0 Å². The van der Waals surface area contributed by atoms with Crippen molar-refractivity contribution in [3.8, 4) is 0 Å². The van der Waals surface area contributed by atoms with E-state index >= 15 is 0 Å². The number of ether oxygens (including phenoxy) is 4. The molecule has 6 nitrogen and oxygen atoms in total. The van der Waals surface area contributed by atoms with Gasteiger partial charge in [-0.05, 0) is 13.8 Å². The zero-order valence-electron chi connectivity index (χ0n) is 10.5. The van der Waals surface area contributed by atoms with Gasteiger partial charge in [-0.25, -0.2) is 0 Å². The van der Waals surface area contributed by atoms with E-state index in [4.69, 9.17) is 18.9 Å². The third-order valence-electron chi connectivity index (χ3n) is 4.05. The number of rotatable bonds is 1. The zero-order chi connectivity index (χ0) is 12.5. The summed E-state index contributed by atoms with van der Waals surface area (Å²) in [6.07, 6.45) is 0.876. The summed E-state index contributed by atoms with van der Waals surface area (Å²) in [4.78, 5) is 13.1. The van der Waals surface area contributed by atoms with Crippen molar-refractivity contribution < 1.29 is 23.7 Å². The lowest BCUT2D eigenvalue weighted by atomic mass is 10.1. The van der Waals surface area contributed by atoms with Crippen LogP contribution in [-0.4, -0.2) is 54.0 Å². The lowest BCUT2D eigenvalue weighted by Gasteiger charge is -2.31. The molecule has 0 bridgehead atoms. The van der Waals surface area contributed by atoms with Crippen LogP contribution in [0.15, 0.2) is 0 Å². The largest absolute Gasteiger partial charge is 0.350 e. The maximum absolute atomic E-state index is 11.3. The fraction of sp³-hybridized carbons (Fsp3) is 0.917. The predicted molar refractivity (Wildman–Crippen MR) is 58.3 cm³/mol. The standard InChI is InChI=1S/C12H17NO5/c1-12(2)17-7-3-6(16-11(7)18-12)8-5-13-9(14)4-10(13)15-8/h6-8,10-11H,3-5H2,1-2H3/t6-,7+,8+,10-,11+/m0/s1. The number of nitrogens with zero attached hydrogens (tertiary/aromatic N) is 1. The Morgan fingerprint density at radius 1 is 1.17 bits per heavy atom. The van der Waals surface area contributed by atoms with Gasteiger partial charge in [-0.1, -0.05) is 0 Å². The van der Waals surface area contributed by atoms with Crippen LogP contribution in [0.4, 0.5) is 0 Å². The Morgan fingerprint density at radius 3 is 2.67 bits per heavy atom. The number of hydrogen-bond donors (Lipinski definition) is 0. The van der Waals surface area contributed by atoms with E-state index < -0.39 is 5.79 Å². The first-order chi connectivity index (χ1) is 8.52.